The first kappa shape index (κ1) is 7.72. The van der Waals surface area contributed by atoms with Crippen LogP contribution in [0.2, 0.25) is 0 Å². The van der Waals surface area contributed by atoms with Crippen molar-refractivity contribution in [1.82, 2.24) is 0 Å². The molecule has 2 nitrogen and oxygen atoms in total. The van der Waals surface area contributed by atoms with E-state index in [2.05, 4.69) is 5.16 Å². The first-order valence-electron chi connectivity index (χ1n) is 3.18. The van der Waals surface area contributed by atoms with Gasteiger partial charge >= 0.3 is 0 Å². The maximum Gasteiger partial charge on any atom is 0.132 e. The van der Waals surface area contributed by atoms with Crippen LogP contribution in [0.1, 0.15) is 11.1 Å². The minimum absolute atomic E-state index is 0.329. The molecular weight excluding hydrogens is 145 g/mol. The van der Waals surface area contributed by atoms with Crippen LogP contribution < -0.4 is 0 Å². The number of aryl methyl sites for hydroxylation is 1. The first-order valence-corrected chi connectivity index (χ1v) is 3.18. The third-order valence-corrected chi connectivity index (χ3v) is 1.46. The summed E-state index contributed by atoms with van der Waals surface area (Å²) in [5.41, 5.74) is 1.08. The van der Waals surface area contributed by atoms with Gasteiger partial charge in [0.1, 0.15) is 5.82 Å². The fraction of sp³-hybridized carbons (Fsp3) is 0.125. The van der Waals surface area contributed by atoms with Crippen molar-refractivity contribution in [3.05, 3.63) is 35.1 Å². The van der Waals surface area contributed by atoms with E-state index in [1.807, 2.05) is 0 Å². The van der Waals surface area contributed by atoms with Crippen LogP contribution in [0, 0.1) is 12.7 Å². The maximum atomic E-state index is 12.8. The molecule has 0 amide bonds. The number of benzene rings is 1. The largest absolute Gasteiger partial charge is 0.411 e. The molecular formula is C8H8FNO. The van der Waals surface area contributed by atoms with E-state index in [0.29, 0.717) is 5.56 Å². The van der Waals surface area contributed by atoms with Crippen molar-refractivity contribution in [3.63, 3.8) is 0 Å². The summed E-state index contributed by atoms with van der Waals surface area (Å²) in [6, 6.07) is 4.68. The average molecular weight is 153 g/mol. The Bertz CT molecular complexity index is 263. The number of halogens is 1. The van der Waals surface area contributed by atoms with Gasteiger partial charge in [-0.15, -0.1) is 0 Å². The standard InChI is InChI=1S/C8H8FNO/c1-6-3-2-4-8(9)7(6)5-10-11/h2-5,11H,1H3. The van der Waals surface area contributed by atoms with Crippen molar-refractivity contribution >= 4 is 6.21 Å². The number of nitrogens with zero attached hydrogens (tertiary/aromatic N) is 1. The molecule has 0 saturated heterocycles. The molecule has 0 aliphatic heterocycles. The van der Waals surface area contributed by atoms with Gasteiger partial charge in [0.25, 0.3) is 0 Å². The zero-order valence-corrected chi connectivity index (χ0v) is 6.08. The Morgan fingerprint density at radius 3 is 2.82 bits per heavy atom. The van der Waals surface area contributed by atoms with Gasteiger partial charge in [-0.1, -0.05) is 17.3 Å². The van der Waals surface area contributed by atoms with Crippen molar-refractivity contribution in [1.29, 1.82) is 0 Å². The first-order chi connectivity index (χ1) is 5.25. The van der Waals surface area contributed by atoms with E-state index in [0.717, 1.165) is 11.8 Å². The Morgan fingerprint density at radius 1 is 1.55 bits per heavy atom. The van der Waals surface area contributed by atoms with Crippen LogP contribution in [0.5, 0.6) is 0 Å². The van der Waals surface area contributed by atoms with Gasteiger partial charge in [0.15, 0.2) is 0 Å². The van der Waals surface area contributed by atoms with Gasteiger partial charge in [-0.3, -0.25) is 0 Å². The van der Waals surface area contributed by atoms with Crippen LogP contribution in [0.15, 0.2) is 23.4 Å². The Kier molecular flexibility index (Phi) is 2.21. The third-order valence-electron chi connectivity index (χ3n) is 1.46. The molecule has 0 fully saturated rings. The van der Waals surface area contributed by atoms with E-state index in [-0.39, 0.29) is 5.82 Å². The predicted octanol–water partition coefficient (Wildman–Crippen LogP) is 1.94. The highest BCUT2D eigenvalue weighted by Crippen LogP contribution is 2.09. The Balaban J connectivity index is 3.20. The SMILES string of the molecule is Cc1cccc(F)c1C=NO. The van der Waals surface area contributed by atoms with Gasteiger partial charge < -0.3 is 5.21 Å². The van der Waals surface area contributed by atoms with Crippen LogP contribution in [0.3, 0.4) is 0 Å². The second-order valence-electron chi connectivity index (χ2n) is 2.21. The van der Waals surface area contributed by atoms with Crippen molar-refractivity contribution < 1.29 is 9.60 Å². The van der Waals surface area contributed by atoms with Crippen LogP contribution in [-0.4, -0.2) is 11.4 Å². The summed E-state index contributed by atoms with van der Waals surface area (Å²) in [6.45, 7) is 1.75. The lowest BCUT2D eigenvalue weighted by Crippen LogP contribution is -1.91. The molecule has 0 saturated carbocycles. The molecule has 58 valence electrons. The molecule has 0 aliphatic carbocycles. The Hall–Kier alpha value is -1.38. The van der Waals surface area contributed by atoms with Crippen molar-refractivity contribution in [2.75, 3.05) is 0 Å². The van der Waals surface area contributed by atoms with Crippen molar-refractivity contribution in [2.45, 2.75) is 6.92 Å². The van der Waals surface area contributed by atoms with Crippen LogP contribution >= 0.6 is 0 Å². The average Bonchev–Trinajstić information content (AvgIpc) is 1.97. The smallest absolute Gasteiger partial charge is 0.132 e. The maximum absolute atomic E-state index is 12.8. The van der Waals surface area contributed by atoms with E-state index in [1.165, 1.54) is 6.07 Å². The molecule has 1 aromatic rings. The molecule has 3 heteroatoms. The molecule has 0 aliphatic rings. The van der Waals surface area contributed by atoms with E-state index in [1.54, 1.807) is 19.1 Å². The van der Waals surface area contributed by atoms with E-state index in [9.17, 15) is 4.39 Å². The monoisotopic (exact) mass is 153 g/mol. The fourth-order valence-corrected chi connectivity index (χ4v) is 0.866. The van der Waals surface area contributed by atoms with E-state index >= 15 is 0 Å². The Labute approximate surface area is 64.0 Å². The van der Waals surface area contributed by atoms with E-state index < -0.39 is 0 Å². The summed E-state index contributed by atoms with van der Waals surface area (Å²) in [7, 11) is 0. The molecule has 0 unspecified atom stereocenters. The highest BCUT2D eigenvalue weighted by atomic mass is 19.1. The topological polar surface area (TPSA) is 32.6 Å². The number of oxime groups is 1. The number of hydrogen-bond acceptors (Lipinski definition) is 2. The molecule has 0 atom stereocenters. The van der Waals surface area contributed by atoms with Crippen LogP contribution in [-0.2, 0) is 0 Å². The minimum Gasteiger partial charge on any atom is -0.411 e. The molecule has 0 bridgehead atoms. The van der Waals surface area contributed by atoms with Gasteiger partial charge in [-0.25, -0.2) is 4.39 Å². The second kappa shape index (κ2) is 3.14. The van der Waals surface area contributed by atoms with Gasteiger partial charge in [0.05, 0.1) is 6.21 Å². The van der Waals surface area contributed by atoms with Gasteiger partial charge in [-0.05, 0) is 18.6 Å². The zero-order valence-electron chi connectivity index (χ0n) is 6.08. The lowest BCUT2D eigenvalue weighted by molar-refractivity contribution is 0.321. The Morgan fingerprint density at radius 2 is 2.27 bits per heavy atom. The molecule has 0 spiro atoms. The summed E-state index contributed by atoms with van der Waals surface area (Å²) in [5.74, 6) is -0.372. The van der Waals surface area contributed by atoms with Crippen molar-refractivity contribution in [3.8, 4) is 0 Å². The summed E-state index contributed by atoms with van der Waals surface area (Å²) in [4.78, 5) is 0. The zero-order chi connectivity index (χ0) is 8.27. The van der Waals surface area contributed by atoms with E-state index in [4.69, 9.17) is 5.21 Å². The van der Waals surface area contributed by atoms with Crippen molar-refractivity contribution in [2.24, 2.45) is 5.16 Å². The predicted molar refractivity (Wildman–Crippen MR) is 40.5 cm³/mol. The fourth-order valence-electron chi connectivity index (χ4n) is 0.866. The number of hydrogen-bond donors (Lipinski definition) is 1. The third kappa shape index (κ3) is 1.55. The van der Waals surface area contributed by atoms with Gasteiger partial charge in [0, 0.05) is 5.56 Å². The molecule has 0 aromatic heterocycles. The normalized spacial score (nSPS) is 10.7. The summed E-state index contributed by atoms with van der Waals surface area (Å²) in [6.07, 6.45) is 1.09. The lowest BCUT2D eigenvalue weighted by atomic mass is 10.1. The molecule has 0 heterocycles. The lowest BCUT2D eigenvalue weighted by Gasteiger charge is -1.98. The summed E-state index contributed by atoms with van der Waals surface area (Å²) >= 11 is 0. The van der Waals surface area contributed by atoms with Crippen LogP contribution in [0.4, 0.5) is 4.39 Å². The molecule has 0 radical (unpaired) electrons. The molecule has 11 heavy (non-hydrogen) atoms. The highest BCUT2D eigenvalue weighted by molar-refractivity contribution is 5.81. The summed E-state index contributed by atoms with van der Waals surface area (Å²) in [5, 5.41) is 10.9. The number of rotatable bonds is 1. The van der Waals surface area contributed by atoms with Crippen LogP contribution in [0.25, 0.3) is 0 Å². The molecule has 1 rings (SSSR count). The van der Waals surface area contributed by atoms with Gasteiger partial charge in [-0.2, -0.15) is 0 Å². The molecule has 1 aromatic carbocycles. The van der Waals surface area contributed by atoms with Gasteiger partial charge in [0.2, 0.25) is 0 Å². The second-order valence-corrected chi connectivity index (χ2v) is 2.21. The minimum atomic E-state index is -0.372. The highest BCUT2D eigenvalue weighted by Gasteiger charge is 2.00. The molecule has 1 N–H and O–H groups in total. The quantitative estimate of drug-likeness (QED) is 0.373. The summed E-state index contributed by atoms with van der Waals surface area (Å²) < 4.78 is 12.8.